The highest BCUT2D eigenvalue weighted by Gasteiger charge is 2.43. The molecule has 0 aromatic heterocycles. The van der Waals surface area contributed by atoms with Crippen LogP contribution in [0, 0.1) is 6.92 Å². The first-order valence-corrected chi connectivity index (χ1v) is 6.33. The first kappa shape index (κ1) is 12.4. The van der Waals surface area contributed by atoms with Crippen LogP contribution < -0.4 is 0 Å². The number of benzene rings is 1. The molecule has 0 atom stereocenters. The number of hydrogen-bond acceptors (Lipinski definition) is 2. The number of carbonyl (C=O) groups excluding carboxylic acids is 1. The minimum Gasteiger partial charge on any atom is -0.468 e. The average molecular weight is 253 g/mol. The summed E-state index contributed by atoms with van der Waals surface area (Å²) in [5.74, 6) is -0.130. The fourth-order valence-corrected chi connectivity index (χ4v) is 2.86. The van der Waals surface area contributed by atoms with E-state index in [-0.39, 0.29) is 5.97 Å². The predicted octanol–water partition coefficient (Wildman–Crippen LogP) is 3.63. The number of halogens is 1. The summed E-state index contributed by atoms with van der Waals surface area (Å²) >= 11 is 6.15. The molecule has 1 aliphatic carbocycles. The predicted molar refractivity (Wildman–Crippen MR) is 68.4 cm³/mol. The van der Waals surface area contributed by atoms with E-state index in [0.29, 0.717) is 0 Å². The number of methoxy groups -OCH3 is 1. The molecule has 2 rings (SSSR count). The molecular formula is C14H17ClO2. The van der Waals surface area contributed by atoms with Gasteiger partial charge in [0.2, 0.25) is 0 Å². The molecule has 0 spiro atoms. The summed E-state index contributed by atoms with van der Waals surface area (Å²) in [7, 11) is 1.46. The molecule has 0 radical (unpaired) electrons. The van der Waals surface area contributed by atoms with E-state index in [1.54, 1.807) is 0 Å². The number of carbonyl (C=O) groups is 1. The second-order valence-electron chi connectivity index (χ2n) is 4.74. The van der Waals surface area contributed by atoms with Crippen LogP contribution in [-0.2, 0) is 14.9 Å². The molecule has 1 aliphatic rings. The van der Waals surface area contributed by atoms with E-state index in [1.807, 2.05) is 25.1 Å². The highest BCUT2D eigenvalue weighted by molar-refractivity contribution is 6.31. The summed E-state index contributed by atoms with van der Waals surface area (Å²) in [6.07, 6.45) is 3.86. The summed E-state index contributed by atoms with van der Waals surface area (Å²) in [5, 5.41) is 0.720. The second kappa shape index (κ2) is 4.69. The molecule has 1 aromatic carbocycles. The Hall–Kier alpha value is -1.02. The molecule has 0 amide bonds. The maximum atomic E-state index is 12.1. The molecule has 0 bridgehead atoms. The summed E-state index contributed by atoms with van der Waals surface area (Å²) in [6.45, 7) is 1.96. The fraction of sp³-hybridized carbons (Fsp3) is 0.500. The number of rotatable bonds is 2. The SMILES string of the molecule is COC(=O)C1(c2ccc(C)c(Cl)c2)CCCC1. The van der Waals surface area contributed by atoms with E-state index in [0.717, 1.165) is 41.8 Å². The topological polar surface area (TPSA) is 26.3 Å². The Morgan fingerprint density at radius 3 is 2.53 bits per heavy atom. The van der Waals surface area contributed by atoms with E-state index < -0.39 is 5.41 Å². The molecule has 0 heterocycles. The lowest BCUT2D eigenvalue weighted by atomic mass is 9.78. The molecule has 0 aliphatic heterocycles. The number of aryl methyl sites for hydroxylation is 1. The van der Waals surface area contributed by atoms with Gasteiger partial charge in [-0.2, -0.15) is 0 Å². The molecule has 17 heavy (non-hydrogen) atoms. The van der Waals surface area contributed by atoms with Crippen LogP contribution in [0.2, 0.25) is 5.02 Å². The third kappa shape index (κ3) is 2.06. The highest BCUT2D eigenvalue weighted by atomic mass is 35.5. The lowest BCUT2D eigenvalue weighted by molar-refractivity contribution is -0.147. The molecular weight excluding hydrogens is 236 g/mol. The fourth-order valence-electron chi connectivity index (χ4n) is 2.68. The lowest BCUT2D eigenvalue weighted by Gasteiger charge is -2.26. The Kier molecular flexibility index (Phi) is 3.43. The number of ether oxygens (including phenoxy) is 1. The van der Waals surface area contributed by atoms with Crippen molar-refractivity contribution in [2.45, 2.75) is 38.0 Å². The van der Waals surface area contributed by atoms with Crippen LogP contribution in [0.15, 0.2) is 18.2 Å². The summed E-state index contributed by atoms with van der Waals surface area (Å²) in [6, 6.07) is 5.89. The van der Waals surface area contributed by atoms with Gasteiger partial charge >= 0.3 is 5.97 Å². The largest absolute Gasteiger partial charge is 0.468 e. The number of hydrogen-bond donors (Lipinski definition) is 0. The van der Waals surface area contributed by atoms with Gasteiger partial charge in [0.05, 0.1) is 12.5 Å². The average Bonchev–Trinajstić information content (AvgIpc) is 2.82. The van der Waals surface area contributed by atoms with E-state index >= 15 is 0 Å². The minimum atomic E-state index is -0.466. The molecule has 0 N–H and O–H groups in total. The van der Waals surface area contributed by atoms with Crippen LogP contribution in [0.25, 0.3) is 0 Å². The zero-order valence-electron chi connectivity index (χ0n) is 10.3. The van der Waals surface area contributed by atoms with Gasteiger partial charge in [0.25, 0.3) is 0 Å². The molecule has 2 nitrogen and oxygen atoms in total. The third-order valence-corrected chi connectivity index (χ3v) is 4.16. The standard InChI is InChI=1S/C14H17ClO2/c1-10-5-6-11(9-12(10)15)14(13(16)17-2)7-3-4-8-14/h5-6,9H,3-4,7-8H2,1-2H3. The van der Waals surface area contributed by atoms with Gasteiger partial charge in [-0.1, -0.05) is 36.6 Å². The van der Waals surface area contributed by atoms with Gasteiger partial charge in [-0.05, 0) is 37.0 Å². The molecule has 92 valence electrons. The molecule has 0 unspecified atom stereocenters. The van der Waals surface area contributed by atoms with Crippen LogP contribution in [0.3, 0.4) is 0 Å². The lowest BCUT2D eigenvalue weighted by Crippen LogP contribution is -2.34. The summed E-state index contributed by atoms with van der Waals surface area (Å²) in [5.41, 5.74) is 1.57. The van der Waals surface area contributed by atoms with Crippen molar-refractivity contribution in [3.63, 3.8) is 0 Å². The van der Waals surface area contributed by atoms with Crippen LogP contribution in [0.4, 0.5) is 0 Å². The Balaban J connectivity index is 2.46. The van der Waals surface area contributed by atoms with Crippen molar-refractivity contribution in [1.29, 1.82) is 0 Å². The van der Waals surface area contributed by atoms with E-state index in [1.165, 1.54) is 7.11 Å². The van der Waals surface area contributed by atoms with Crippen molar-refractivity contribution >= 4 is 17.6 Å². The summed E-state index contributed by atoms with van der Waals surface area (Å²) < 4.78 is 4.98. The van der Waals surface area contributed by atoms with Crippen LogP contribution >= 0.6 is 11.6 Å². The normalized spacial score (nSPS) is 18.1. The zero-order chi connectivity index (χ0) is 12.5. The first-order valence-electron chi connectivity index (χ1n) is 5.95. The Labute approximate surface area is 107 Å². The van der Waals surface area contributed by atoms with Gasteiger partial charge in [0, 0.05) is 5.02 Å². The number of esters is 1. The Morgan fingerprint density at radius 2 is 2.00 bits per heavy atom. The third-order valence-electron chi connectivity index (χ3n) is 3.76. The maximum absolute atomic E-state index is 12.1. The van der Waals surface area contributed by atoms with Gasteiger partial charge < -0.3 is 4.74 Å². The highest BCUT2D eigenvalue weighted by Crippen LogP contribution is 2.43. The zero-order valence-corrected chi connectivity index (χ0v) is 11.0. The molecule has 0 saturated heterocycles. The van der Waals surface area contributed by atoms with E-state index in [4.69, 9.17) is 16.3 Å². The molecule has 1 aromatic rings. The second-order valence-corrected chi connectivity index (χ2v) is 5.15. The van der Waals surface area contributed by atoms with Crippen LogP contribution in [-0.4, -0.2) is 13.1 Å². The van der Waals surface area contributed by atoms with E-state index in [2.05, 4.69) is 0 Å². The van der Waals surface area contributed by atoms with Gasteiger partial charge in [-0.15, -0.1) is 0 Å². The van der Waals surface area contributed by atoms with Crippen molar-refractivity contribution in [2.24, 2.45) is 0 Å². The Bertz CT molecular complexity index is 434. The van der Waals surface area contributed by atoms with Crippen molar-refractivity contribution in [3.05, 3.63) is 34.3 Å². The molecule has 1 saturated carbocycles. The van der Waals surface area contributed by atoms with Crippen molar-refractivity contribution in [3.8, 4) is 0 Å². The van der Waals surface area contributed by atoms with Crippen molar-refractivity contribution in [2.75, 3.05) is 7.11 Å². The van der Waals surface area contributed by atoms with Gasteiger partial charge in [0.15, 0.2) is 0 Å². The smallest absolute Gasteiger partial charge is 0.316 e. The van der Waals surface area contributed by atoms with Crippen LogP contribution in [0.5, 0.6) is 0 Å². The van der Waals surface area contributed by atoms with Crippen molar-refractivity contribution < 1.29 is 9.53 Å². The summed E-state index contributed by atoms with van der Waals surface area (Å²) in [4.78, 5) is 12.1. The van der Waals surface area contributed by atoms with Crippen molar-refractivity contribution in [1.82, 2.24) is 0 Å². The maximum Gasteiger partial charge on any atom is 0.316 e. The quantitative estimate of drug-likeness (QED) is 0.752. The van der Waals surface area contributed by atoms with Gasteiger partial charge in [-0.25, -0.2) is 0 Å². The van der Waals surface area contributed by atoms with Crippen LogP contribution in [0.1, 0.15) is 36.8 Å². The molecule has 1 fully saturated rings. The molecule has 3 heteroatoms. The minimum absolute atomic E-state index is 0.130. The monoisotopic (exact) mass is 252 g/mol. The van der Waals surface area contributed by atoms with E-state index in [9.17, 15) is 4.79 Å². The van der Waals surface area contributed by atoms with Gasteiger partial charge in [0.1, 0.15) is 0 Å². The Morgan fingerprint density at radius 1 is 1.35 bits per heavy atom. The first-order chi connectivity index (χ1) is 8.10. The van der Waals surface area contributed by atoms with Gasteiger partial charge in [-0.3, -0.25) is 4.79 Å².